The summed E-state index contributed by atoms with van der Waals surface area (Å²) >= 11 is 6.01. The summed E-state index contributed by atoms with van der Waals surface area (Å²) in [5.74, 6) is 0.694. The van der Waals surface area contributed by atoms with Crippen molar-refractivity contribution in [2.24, 2.45) is 0 Å². The standard InChI is InChI=1S/C14H14ClNO/c1-16-12-5-3-4-10(8-12)11-6-7-13(15)14(9-11)17-2/h3-9,16H,1-2H3. The lowest BCUT2D eigenvalue weighted by Crippen LogP contribution is -1.89. The maximum Gasteiger partial charge on any atom is 0.138 e. The third kappa shape index (κ3) is 2.53. The first kappa shape index (κ1) is 11.8. The van der Waals surface area contributed by atoms with Gasteiger partial charge in [0.2, 0.25) is 0 Å². The summed E-state index contributed by atoms with van der Waals surface area (Å²) in [4.78, 5) is 0. The number of ether oxygens (including phenoxy) is 1. The Balaban J connectivity index is 2.45. The molecular formula is C14H14ClNO. The summed E-state index contributed by atoms with van der Waals surface area (Å²) in [5.41, 5.74) is 3.30. The van der Waals surface area contributed by atoms with Crippen LogP contribution in [0.25, 0.3) is 11.1 Å². The highest BCUT2D eigenvalue weighted by atomic mass is 35.5. The van der Waals surface area contributed by atoms with Gasteiger partial charge in [0, 0.05) is 12.7 Å². The number of anilines is 1. The molecule has 17 heavy (non-hydrogen) atoms. The van der Waals surface area contributed by atoms with Gasteiger partial charge in [0.25, 0.3) is 0 Å². The SMILES string of the molecule is CNc1cccc(-c2ccc(Cl)c(OC)c2)c1. The average Bonchev–Trinajstić information content (AvgIpc) is 2.39. The number of hydrogen-bond donors (Lipinski definition) is 1. The molecule has 0 aromatic heterocycles. The first-order valence-electron chi connectivity index (χ1n) is 5.36. The van der Waals surface area contributed by atoms with Gasteiger partial charge in [0.1, 0.15) is 5.75 Å². The molecule has 2 aromatic rings. The lowest BCUT2D eigenvalue weighted by atomic mass is 10.0. The van der Waals surface area contributed by atoms with Crippen molar-refractivity contribution in [3.63, 3.8) is 0 Å². The monoisotopic (exact) mass is 247 g/mol. The molecule has 88 valence electrons. The lowest BCUT2D eigenvalue weighted by molar-refractivity contribution is 0.415. The fraction of sp³-hybridized carbons (Fsp3) is 0.143. The van der Waals surface area contributed by atoms with E-state index in [2.05, 4.69) is 17.4 Å². The van der Waals surface area contributed by atoms with Crippen LogP contribution in [0.5, 0.6) is 5.75 Å². The van der Waals surface area contributed by atoms with E-state index in [0.29, 0.717) is 10.8 Å². The highest BCUT2D eigenvalue weighted by Gasteiger charge is 2.04. The molecule has 2 rings (SSSR count). The van der Waals surface area contributed by atoms with E-state index in [-0.39, 0.29) is 0 Å². The van der Waals surface area contributed by atoms with Crippen LogP contribution in [-0.2, 0) is 0 Å². The normalized spacial score (nSPS) is 10.1. The quantitative estimate of drug-likeness (QED) is 0.883. The molecule has 2 nitrogen and oxygen atoms in total. The topological polar surface area (TPSA) is 21.3 Å². The zero-order valence-electron chi connectivity index (χ0n) is 9.83. The minimum absolute atomic E-state index is 0.626. The van der Waals surface area contributed by atoms with E-state index in [9.17, 15) is 0 Å². The second kappa shape index (κ2) is 5.11. The Morgan fingerprint density at radius 3 is 2.53 bits per heavy atom. The predicted octanol–water partition coefficient (Wildman–Crippen LogP) is 4.06. The summed E-state index contributed by atoms with van der Waals surface area (Å²) in [6.07, 6.45) is 0. The molecule has 0 aliphatic carbocycles. The number of nitrogens with one attached hydrogen (secondary N) is 1. The molecule has 0 amide bonds. The Bertz CT molecular complexity index is 525. The van der Waals surface area contributed by atoms with Crippen LogP contribution in [0.4, 0.5) is 5.69 Å². The second-order valence-electron chi connectivity index (χ2n) is 3.68. The van der Waals surface area contributed by atoms with Gasteiger partial charge in [0.15, 0.2) is 0 Å². The summed E-state index contributed by atoms with van der Waals surface area (Å²) in [6.45, 7) is 0. The molecule has 0 saturated carbocycles. The predicted molar refractivity (Wildman–Crippen MR) is 73.0 cm³/mol. The van der Waals surface area contributed by atoms with Gasteiger partial charge in [0.05, 0.1) is 12.1 Å². The Morgan fingerprint density at radius 1 is 1.06 bits per heavy atom. The van der Waals surface area contributed by atoms with Crippen LogP contribution in [0.3, 0.4) is 0 Å². The number of methoxy groups -OCH3 is 1. The van der Waals surface area contributed by atoms with Gasteiger partial charge in [-0.2, -0.15) is 0 Å². The van der Waals surface area contributed by atoms with Gasteiger partial charge in [-0.25, -0.2) is 0 Å². The Kier molecular flexibility index (Phi) is 3.55. The third-order valence-corrected chi connectivity index (χ3v) is 2.95. The highest BCUT2D eigenvalue weighted by molar-refractivity contribution is 6.32. The van der Waals surface area contributed by atoms with Crippen molar-refractivity contribution in [2.75, 3.05) is 19.5 Å². The van der Waals surface area contributed by atoms with Crippen LogP contribution >= 0.6 is 11.6 Å². The Labute approximate surface area is 106 Å². The molecule has 0 radical (unpaired) electrons. The molecule has 0 saturated heterocycles. The average molecular weight is 248 g/mol. The fourth-order valence-corrected chi connectivity index (χ4v) is 1.89. The molecule has 2 aromatic carbocycles. The maximum atomic E-state index is 6.01. The summed E-state index contributed by atoms with van der Waals surface area (Å²) < 4.78 is 5.22. The van der Waals surface area contributed by atoms with Crippen LogP contribution < -0.4 is 10.1 Å². The van der Waals surface area contributed by atoms with Gasteiger partial charge in [-0.15, -0.1) is 0 Å². The lowest BCUT2D eigenvalue weighted by Gasteiger charge is -2.08. The van der Waals surface area contributed by atoms with Crippen molar-refractivity contribution in [3.8, 4) is 16.9 Å². The summed E-state index contributed by atoms with van der Waals surface area (Å²) in [5, 5.41) is 3.75. The highest BCUT2D eigenvalue weighted by Crippen LogP contribution is 2.31. The molecule has 0 heterocycles. The van der Waals surface area contributed by atoms with E-state index in [1.165, 1.54) is 0 Å². The minimum atomic E-state index is 0.626. The van der Waals surface area contributed by atoms with Crippen molar-refractivity contribution in [1.82, 2.24) is 0 Å². The Morgan fingerprint density at radius 2 is 1.82 bits per heavy atom. The number of rotatable bonds is 3. The minimum Gasteiger partial charge on any atom is -0.495 e. The number of hydrogen-bond acceptors (Lipinski definition) is 2. The van der Waals surface area contributed by atoms with E-state index in [4.69, 9.17) is 16.3 Å². The fourth-order valence-electron chi connectivity index (χ4n) is 1.69. The van der Waals surface area contributed by atoms with E-state index < -0.39 is 0 Å². The van der Waals surface area contributed by atoms with Crippen LogP contribution in [0.2, 0.25) is 5.02 Å². The molecular weight excluding hydrogens is 234 g/mol. The van der Waals surface area contributed by atoms with Crippen molar-refractivity contribution < 1.29 is 4.74 Å². The number of benzene rings is 2. The summed E-state index contributed by atoms with van der Waals surface area (Å²) in [6, 6.07) is 14.0. The Hall–Kier alpha value is -1.67. The first-order chi connectivity index (χ1) is 8.24. The maximum absolute atomic E-state index is 6.01. The first-order valence-corrected chi connectivity index (χ1v) is 5.74. The van der Waals surface area contributed by atoms with Gasteiger partial charge in [-0.1, -0.05) is 29.8 Å². The molecule has 0 aliphatic rings. The van der Waals surface area contributed by atoms with Gasteiger partial charge in [-0.05, 0) is 35.4 Å². The van der Waals surface area contributed by atoms with Crippen molar-refractivity contribution >= 4 is 17.3 Å². The molecule has 0 aliphatic heterocycles. The van der Waals surface area contributed by atoms with E-state index in [1.807, 2.05) is 37.4 Å². The van der Waals surface area contributed by atoms with Crippen LogP contribution in [0.1, 0.15) is 0 Å². The van der Waals surface area contributed by atoms with Crippen LogP contribution in [0, 0.1) is 0 Å². The van der Waals surface area contributed by atoms with Crippen LogP contribution in [-0.4, -0.2) is 14.2 Å². The van der Waals surface area contributed by atoms with Crippen molar-refractivity contribution in [3.05, 3.63) is 47.5 Å². The van der Waals surface area contributed by atoms with Gasteiger partial charge < -0.3 is 10.1 Å². The molecule has 0 spiro atoms. The molecule has 3 heteroatoms. The van der Waals surface area contributed by atoms with Crippen molar-refractivity contribution in [2.45, 2.75) is 0 Å². The van der Waals surface area contributed by atoms with E-state index >= 15 is 0 Å². The van der Waals surface area contributed by atoms with E-state index in [1.54, 1.807) is 7.11 Å². The summed E-state index contributed by atoms with van der Waals surface area (Å²) in [7, 11) is 3.52. The van der Waals surface area contributed by atoms with Crippen molar-refractivity contribution in [1.29, 1.82) is 0 Å². The number of halogens is 1. The van der Waals surface area contributed by atoms with Gasteiger partial charge >= 0.3 is 0 Å². The smallest absolute Gasteiger partial charge is 0.138 e. The molecule has 0 unspecified atom stereocenters. The zero-order chi connectivity index (χ0) is 12.3. The second-order valence-corrected chi connectivity index (χ2v) is 4.09. The third-order valence-electron chi connectivity index (χ3n) is 2.64. The zero-order valence-corrected chi connectivity index (χ0v) is 10.6. The largest absolute Gasteiger partial charge is 0.495 e. The van der Waals surface area contributed by atoms with Crippen LogP contribution in [0.15, 0.2) is 42.5 Å². The molecule has 0 fully saturated rings. The van der Waals surface area contributed by atoms with E-state index in [0.717, 1.165) is 16.8 Å². The van der Waals surface area contributed by atoms with Gasteiger partial charge in [-0.3, -0.25) is 0 Å². The molecule has 0 atom stereocenters. The molecule has 0 bridgehead atoms. The molecule has 1 N–H and O–H groups in total.